The lowest BCUT2D eigenvalue weighted by atomic mass is 10.1. The van der Waals surface area contributed by atoms with Gasteiger partial charge in [0.05, 0.1) is 24.3 Å². The number of amides is 1. The van der Waals surface area contributed by atoms with E-state index in [-0.39, 0.29) is 11.9 Å². The van der Waals surface area contributed by atoms with Gasteiger partial charge in [0.25, 0.3) is 5.91 Å². The van der Waals surface area contributed by atoms with Crippen LogP contribution in [0.4, 0.5) is 5.69 Å². The van der Waals surface area contributed by atoms with Crippen molar-refractivity contribution in [2.75, 3.05) is 18.5 Å². The van der Waals surface area contributed by atoms with E-state index >= 15 is 0 Å². The van der Waals surface area contributed by atoms with Crippen LogP contribution >= 0.6 is 0 Å². The highest BCUT2D eigenvalue weighted by molar-refractivity contribution is 6.06. The van der Waals surface area contributed by atoms with Crippen LogP contribution in [0.5, 0.6) is 5.75 Å². The van der Waals surface area contributed by atoms with E-state index in [2.05, 4.69) is 12.2 Å². The molecule has 0 saturated carbocycles. The number of para-hydroxylation sites is 1. The maximum absolute atomic E-state index is 12.6. The van der Waals surface area contributed by atoms with Gasteiger partial charge in [-0.05, 0) is 49.2 Å². The lowest BCUT2D eigenvalue weighted by Gasteiger charge is -2.12. The number of ether oxygens (including phenoxy) is 2. The number of carbonyl (C=O) groups is 2. The van der Waals surface area contributed by atoms with Gasteiger partial charge in [-0.3, -0.25) is 4.79 Å². The van der Waals surface area contributed by atoms with Crippen molar-refractivity contribution < 1.29 is 19.1 Å². The van der Waals surface area contributed by atoms with Crippen LogP contribution in [-0.2, 0) is 4.74 Å². The van der Waals surface area contributed by atoms with Gasteiger partial charge >= 0.3 is 5.97 Å². The normalized spacial score (nSPS) is 10.3. The molecule has 0 heterocycles. The number of anilines is 1. The third-order valence-electron chi connectivity index (χ3n) is 3.95. The zero-order valence-corrected chi connectivity index (χ0v) is 16.0. The van der Waals surface area contributed by atoms with Crippen LogP contribution < -0.4 is 10.1 Å². The Balaban J connectivity index is 1.99. The van der Waals surface area contributed by atoms with E-state index in [0.29, 0.717) is 35.8 Å². The van der Waals surface area contributed by atoms with Gasteiger partial charge in [-0.1, -0.05) is 38.8 Å². The van der Waals surface area contributed by atoms with E-state index in [1.807, 2.05) is 13.0 Å². The number of unbranched alkanes of at least 4 members (excludes halogenated alkanes) is 2. The molecule has 0 atom stereocenters. The summed E-state index contributed by atoms with van der Waals surface area (Å²) in [7, 11) is 0. The molecular weight excluding hydrogens is 342 g/mol. The van der Waals surface area contributed by atoms with E-state index in [1.165, 1.54) is 0 Å². The Morgan fingerprint density at radius 1 is 0.889 bits per heavy atom. The second-order valence-electron chi connectivity index (χ2n) is 6.22. The zero-order chi connectivity index (χ0) is 19.5. The molecule has 1 amide bonds. The van der Waals surface area contributed by atoms with Crippen molar-refractivity contribution in [1.82, 2.24) is 0 Å². The minimum atomic E-state index is -0.361. The van der Waals surface area contributed by atoms with Crippen molar-refractivity contribution in [2.45, 2.75) is 39.5 Å². The maximum atomic E-state index is 12.6. The number of esters is 1. The van der Waals surface area contributed by atoms with E-state index in [0.717, 1.165) is 25.7 Å². The lowest BCUT2D eigenvalue weighted by molar-refractivity contribution is 0.0505. The zero-order valence-electron chi connectivity index (χ0n) is 16.0. The summed E-state index contributed by atoms with van der Waals surface area (Å²) in [4.78, 5) is 24.4. The summed E-state index contributed by atoms with van der Waals surface area (Å²) in [6.07, 6.45) is 3.96. The Kier molecular flexibility index (Phi) is 8.36. The number of carbonyl (C=O) groups excluding carboxylic acids is 2. The molecule has 0 aliphatic carbocycles. The van der Waals surface area contributed by atoms with Crippen LogP contribution in [0.2, 0.25) is 0 Å². The fourth-order valence-electron chi connectivity index (χ4n) is 2.48. The second-order valence-corrected chi connectivity index (χ2v) is 6.22. The molecule has 0 radical (unpaired) electrons. The van der Waals surface area contributed by atoms with Gasteiger partial charge in [0.1, 0.15) is 5.75 Å². The van der Waals surface area contributed by atoms with E-state index in [4.69, 9.17) is 9.47 Å². The van der Waals surface area contributed by atoms with Crippen molar-refractivity contribution in [2.24, 2.45) is 0 Å². The third-order valence-corrected chi connectivity index (χ3v) is 3.95. The average molecular weight is 369 g/mol. The van der Waals surface area contributed by atoms with E-state index in [9.17, 15) is 9.59 Å². The summed E-state index contributed by atoms with van der Waals surface area (Å²) in [6, 6.07) is 13.8. The molecule has 5 nitrogen and oxygen atoms in total. The summed E-state index contributed by atoms with van der Waals surface area (Å²) in [5, 5.41) is 2.84. The predicted octanol–water partition coefficient (Wildman–Crippen LogP) is 5.07. The van der Waals surface area contributed by atoms with Crippen molar-refractivity contribution in [3.05, 3.63) is 59.7 Å². The molecule has 144 valence electrons. The van der Waals surface area contributed by atoms with Gasteiger partial charge in [0.2, 0.25) is 0 Å². The highest BCUT2D eigenvalue weighted by Gasteiger charge is 2.13. The topological polar surface area (TPSA) is 64.6 Å². The van der Waals surface area contributed by atoms with E-state index < -0.39 is 0 Å². The van der Waals surface area contributed by atoms with Crippen LogP contribution in [0.1, 0.15) is 60.2 Å². The monoisotopic (exact) mass is 369 g/mol. The highest BCUT2D eigenvalue weighted by atomic mass is 16.5. The first kappa shape index (κ1) is 20.5. The third kappa shape index (κ3) is 6.44. The molecule has 0 aliphatic rings. The molecule has 0 spiro atoms. The second kappa shape index (κ2) is 11.0. The van der Waals surface area contributed by atoms with E-state index in [1.54, 1.807) is 42.5 Å². The van der Waals surface area contributed by atoms with Crippen LogP contribution in [0, 0.1) is 0 Å². The summed E-state index contributed by atoms with van der Waals surface area (Å²) >= 11 is 0. The predicted molar refractivity (Wildman–Crippen MR) is 106 cm³/mol. The smallest absolute Gasteiger partial charge is 0.338 e. The quantitative estimate of drug-likeness (QED) is 0.469. The van der Waals surface area contributed by atoms with Gasteiger partial charge in [-0.15, -0.1) is 0 Å². The molecule has 2 aromatic rings. The lowest BCUT2D eigenvalue weighted by Crippen LogP contribution is -2.14. The van der Waals surface area contributed by atoms with Crippen molar-refractivity contribution in [3.8, 4) is 5.75 Å². The Labute approximate surface area is 160 Å². The van der Waals surface area contributed by atoms with Gasteiger partial charge in [0, 0.05) is 5.69 Å². The van der Waals surface area contributed by atoms with Gasteiger partial charge in [-0.25, -0.2) is 4.79 Å². The molecule has 0 unspecified atom stereocenters. The van der Waals surface area contributed by atoms with Gasteiger partial charge in [0.15, 0.2) is 0 Å². The van der Waals surface area contributed by atoms with Crippen molar-refractivity contribution in [1.29, 1.82) is 0 Å². The molecule has 1 N–H and O–H groups in total. The minimum Gasteiger partial charge on any atom is -0.493 e. The number of rotatable bonds is 10. The molecule has 0 aliphatic heterocycles. The first-order valence-corrected chi connectivity index (χ1v) is 9.46. The van der Waals surface area contributed by atoms with Gasteiger partial charge in [-0.2, -0.15) is 0 Å². The summed E-state index contributed by atoms with van der Waals surface area (Å²) in [6.45, 7) is 5.06. The molecule has 2 rings (SSSR count). The first-order chi connectivity index (χ1) is 13.2. The molecule has 0 saturated heterocycles. The fourth-order valence-corrected chi connectivity index (χ4v) is 2.48. The summed E-state index contributed by atoms with van der Waals surface area (Å²) in [5.41, 5.74) is 1.55. The largest absolute Gasteiger partial charge is 0.493 e. The number of hydrogen-bond donors (Lipinski definition) is 1. The highest BCUT2D eigenvalue weighted by Crippen LogP contribution is 2.20. The van der Waals surface area contributed by atoms with Crippen molar-refractivity contribution >= 4 is 17.6 Å². The van der Waals surface area contributed by atoms with Crippen LogP contribution in [0.25, 0.3) is 0 Å². The Hall–Kier alpha value is -2.82. The molecule has 2 aromatic carbocycles. The SMILES string of the molecule is CCCCCOc1ccccc1C(=O)Nc1ccc(C(=O)OCCC)cc1. The number of benzene rings is 2. The standard InChI is InChI=1S/C22H27NO4/c1-3-5-8-16-26-20-10-7-6-9-19(20)21(24)23-18-13-11-17(12-14-18)22(25)27-15-4-2/h6-7,9-14H,3-5,8,15-16H2,1-2H3,(H,23,24). The van der Waals surface area contributed by atoms with Crippen molar-refractivity contribution in [3.63, 3.8) is 0 Å². The van der Waals surface area contributed by atoms with Crippen LogP contribution in [0.3, 0.4) is 0 Å². The minimum absolute atomic E-state index is 0.248. The maximum Gasteiger partial charge on any atom is 0.338 e. The molecule has 0 bridgehead atoms. The van der Waals surface area contributed by atoms with Gasteiger partial charge < -0.3 is 14.8 Å². The Morgan fingerprint density at radius 2 is 1.63 bits per heavy atom. The summed E-state index contributed by atoms with van der Waals surface area (Å²) in [5.74, 6) is -0.0335. The molecule has 0 fully saturated rings. The number of nitrogens with one attached hydrogen (secondary N) is 1. The van der Waals surface area contributed by atoms with Crippen LogP contribution in [0.15, 0.2) is 48.5 Å². The number of hydrogen-bond acceptors (Lipinski definition) is 4. The first-order valence-electron chi connectivity index (χ1n) is 9.46. The average Bonchev–Trinajstić information content (AvgIpc) is 2.70. The fraction of sp³-hybridized carbons (Fsp3) is 0.364. The molecule has 27 heavy (non-hydrogen) atoms. The Morgan fingerprint density at radius 3 is 2.33 bits per heavy atom. The molecule has 0 aromatic heterocycles. The molecular formula is C22H27NO4. The Bertz CT molecular complexity index is 740. The van der Waals surface area contributed by atoms with Crippen LogP contribution in [-0.4, -0.2) is 25.1 Å². The molecule has 5 heteroatoms. The summed E-state index contributed by atoms with van der Waals surface area (Å²) < 4.78 is 10.9.